The lowest BCUT2D eigenvalue weighted by atomic mass is 9.93. The number of aromatic amines is 1. The number of benzene rings is 1. The molecule has 7 nitrogen and oxygen atoms in total. The molecular weight excluding hydrogens is 412 g/mol. The van der Waals surface area contributed by atoms with Crippen molar-refractivity contribution in [3.8, 4) is 0 Å². The van der Waals surface area contributed by atoms with Gasteiger partial charge in [-0.1, -0.05) is 12.2 Å². The van der Waals surface area contributed by atoms with Crippen molar-refractivity contribution in [1.29, 1.82) is 0 Å². The highest BCUT2D eigenvalue weighted by Crippen LogP contribution is 2.20. The number of hydrogen-bond acceptors (Lipinski definition) is 5. The molecule has 1 aromatic heterocycles. The molecule has 2 aliphatic rings. The fraction of sp³-hybridized carbons (Fsp3) is 0.522. The van der Waals surface area contributed by atoms with E-state index in [0.717, 1.165) is 45.7 Å². The Kier molecular flexibility index (Phi) is 7.32. The van der Waals surface area contributed by atoms with Gasteiger partial charge in [-0.2, -0.15) is 0 Å². The van der Waals surface area contributed by atoms with E-state index >= 15 is 0 Å². The van der Waals surface area contributed by atoms with E-state index in [-0.39, 0.29) is 11.5 Å². The van der Waals surface area contributed by atoms with Crippen molar-refractivity contribution in [2.75, 3.05) is 39.4 Å². The van der Waals surface area contributed by atoms with Crippen molar-refractivity contribution in [3.05, 3.63) is 51.0 Å². The highest BCUT2D eigenvalue weighted by Gasteiger charge is 2.14. The van der Waals surface area contributed by atoms with Crippen LogP contribution in [0.3, 0.4) is 0 Å². The first-order valence-corrected chi connectivity index (χ1v) is 11.5. The van der Waals surface area contributed by atoms with Gasteiger partial charge in [-0.25, -0.2) is 0 Å². The van der Waals surface area contributed by atoms with Crippen LogP contribution in [-0.4, -0.2) is 59.8 Å². The normalized spacial score (nSPS) is 19.5. The molecule has 1 atom stereocenters. The summed E-state index contributed by atoms with van der Waals surface area (Å²) in [7, 11) is 0. The summed E-state index contributed by atoms with van der Waals surface area (Å²) in [6.45, 7) is 5.25. The number of carbonyl (C=O) groups is 1. The number of ether oxygens (including phenoxy) is 1. The number of rotatable bonds is 7. The molecule has 1 unspecified atom stereocenters. The van der Waals surface area contributed by atoms with Crippen LogP contribution in [0, 0.1) is 10.7 Å². The molecular formula is C23H30N4O3S. The summed E-state index contributed by atoms with van der Waals surface area (Å²) >= 11 is 5.46. The molecule has 0 saturated carbocycles. The van der Waals surface area contributed by atoms with Crippen LogP contribution in [0.1, 0.15) is 36.0 Å². The van der Waals surface area contributed by atoms with Gasteiger partial charge in [0, 0.05) is 38.3 Å². The molecule has 1 aromatic carbocycles. The van der Waals surface area contributed by atoms with Gasteiger partial charge in [0.2, 0.25) is 0 Å². The van der Waals surface area contributed by atoms with Gasteiger partial charge in [-0.05, 0) is 62.0 Å². The fourth-order valence-corrected chi connectivity index (χ4v) is 4.56. The molecule has 1 aliphatic heterocycles. The van der Waals surface area contributed by atoms with Gasteiger partial charge in [0.1, 0.15) is 0 Å². The predicted octanol–water partition coefficient (Wildman–Crippen LogP) is 2.87. The lowest BCUT2D eigenvalue weighted by molar-refractivity contribution is 0.0383. The van der Waals surface area contributed by atoms with Gasteiger partial charge >= 0.3 is 0 Å². The predicted molar refractivity (Wildman–Crippen MR) is 124 cm³/mol. The number of nitrogens with one attached hydrogen (secondary N) is 2. The average molecular weight is 443 g/mol. The van der Waals surface area contributed by atoms with Crippen LogP contribution in [0.4, 0.5) is 0 Å². The van der Waals surface area contributed by atoms with E-state index in [1.807, 2.05) is 0 Å². The Morgan fingerprint density at radius 2 is 2.10 bits per heavy atom. The summed E-state index contributed by atoms with van der Waals surface area (Å²) in [6, 6.07) is 5.14. The van der Waals surface area contributed by atoms with Gasteiger partial charge in [0.15, 0.2) is 4.77 Å². The van der Waals surface area contributed by atoms with Crippen molar-refractivity contribution < 1.29 is 9.53 Å². The second kappa shape index (κ2) is 10.3. The van der Waals surface area contributed by atoms with Gasteiger partial charge in [-0.3, -0.25) is 19.1 Å². The van der Waals surface area contributed by atoms with E-state index in [4.69, 9.17) is 17.0 Å². The smallest absolute Gasteiger partial charge is 0.262 e. The lowest BCUT2D eigenvalue weighted by Gasteiger charge is -2.26. The molecule has 1 saturated heterocycles. The molecule has 0 spiro atoms. The highest BCUT2D eigenvalue weighted by molar-refractivity contribution is 7.71. The third-order valence-electron chi connectivity index (χ3n) is 6.14. The largest absolute Gasteiger partial charge is 0.379 e. The van der Waals surface area contributed by atoms with Crippen LogP contribution in [0.25, 0.3) is 10.9 Å². The maximum Gasteiger partial charge on any atom is 0.262 e. The number of H-pyrrole nitrogens is 1. The first-order valence-electron chi connectivity index (χ1n) is 11.1. The van der Waals surface area contributed by atoms with Crippen LogP contribution >= 0.6 is 12.2 Å². The Bertz CT molecular complexity index is 1070. The quantitative estimate of drug-likeness (QED) is 0.509. The topological polar surface area (TPSA) is 79.4 Å². The summed E-state index contributed by atoms with van der Waals surface area (Å²) in [5.41, 5.74) is 1.02. The van der Waals surface area contributed by atoms with E-state index in [1.165, 1.54) is 12.8 Å². The Balaban J connectivity index is 1.43. The Hall–Kier alpha value is -2.29. The summed E-state index contributed by atoms with van der Waals surface area (Å²) < 4.78 is 7.39. The molecule has 1 amide bonds. The van der Waals surface area contributed by atoms with E-state index in [1.54, 1.807) is 22.8 Å². The first kappa shape index (κ1) is 21.9. The number of carbonyl (C=O) groups excluding carboxylic acids is 1. The zero-order valence-electron chi connectivity index (χ0n) is 17.8. The van der Waals surface area contributed by atoms with Gasteiger partial charge in [0.05, 0.1) is 24.1 Å². The van der Waals surface area contributed by atoms with E-state index in [9.17, 15) is 9.59 Å². The van der Waals surface area contributed by atoms with Gasteiger partial charge in [-0.15, -0.1) is 0 Å². The first-order chi connectivity index (χ1) is 15.1. The number of hydrogen-bond donors (Lipinski definition) is 2. The van der Waals surface area contributed by atoms with E-state index < -0.39 is 0 Å². The molecule has 166 valence electrons. The zero-order valence-corrected chi connectivity index (χ0v) is 18.6. The standard InChI is InChI=1S/C23H30N4O3S/c28-21(24-9-11-26-12-14-30-15-13-26)18-6-7-19-20(16-18)25-23(31)27(22(19)29)10-8-17-4-2-1-3-5-17/h2,4,6-7,16-17H,1,3,5,8-15H2,(H,24,28)(H,25,31). The van der Waals surface area contributed by atoms with Crippen LogP contribution in [-0.2, 0) is 11.3 Å². The third kappa shape index (κ3) is 5.50. The Labute approximate surface area is 187 Å². The molecule has 0 radical (unpaired) electrons. The number of aromatic nitrogens is 2. The molecule has 1 fully saturated rings. The molecule has 2 heterocycles. The average Bonchev–Trinajstić information content (AvgIpc) is 2.80. The third-order valence-corrected chi connectivity index (χ3v) is 6.46. The zero-order chi connectivity index (χ0) is 21.6. The molecule has 2 N–H and O–H groups in total. The van der Waals surface area contributed by atoms with Crippen molar-refractivity contribution in [1.82, 2.24) is 19.8 Å². The van der Waals surface area contributed by atoms with Crippen LogP contribution in [0.5, 0.6) is 0 Å². The second-order valence-corrected chi connectivity index (χ2v) is 8.65. The van der Waals surface area contributed by atoms with Crippen molar-refractivity contribution in [3.63, 3.8) is 0 Å². The highest BCUT2D eigenvalue weighted by atomic mass is 32.1. The Morgan fingerprint density at radius 1 is 1.26 bits per heavy atom. The number of nitrogens with zero attached hydrogens (tertiary/aromatic N) is 2. The van der Waals surface area contributed by atoms with Crippen molar-refractivity contribution in [2.24, 2.45) is 5.92 Å². The van der Waals surface area contributed by atoms with Gasteiger partial charge in [0.25, 0.3) is 11.5 Å². The van der Waals surface area contributed by atoms with E-state index in [2.05, 4.69) is 27.4 Å². The molecule has 2 aromatic rings. The minimum atomic E-state index is -0.150. The monoisotopic (exact) mass is 442 g/mol. The number of fused-ring (bicyclic) bond motifs is 1. The lowest BCUT2D eigenvalue weighted by Crippen LogP contribution is -2.41. The van der Waals surface area contributed by atoms with Crippen molar-refractivity contribution >= 4 is 29.0 Å². The molecule has 0 bridgehead atoms. The van der Waals surface area contributed by atoms with Crippen LogP contribution < -0.4 is 10.9 Å². The SMILES string of the molecule is O=C(NCCN1CCOCC1)c1ccc2c(=O)n(CCC3C=CCCC3)c(=S)[nH]c2c1. The van der Waals surface area contributed by atoms with Crippen LogP contribution in [0.15, 0.2) is 35.1 Å². The summed E-state index contributed by atoms with van der Waals surface area (Å²) in [5, 5.41) is 3.51. The molecule has 8 heteroatoms. The van der Waals surface area contributed by atoms with Crippen molar-refractivity contribution in [2.45, 2.75) is 32.2 Å². The minimum Gasteiger partial charge on any atom is -0.379 e. The number of morpholine rings is 1. The molecule has 1 aliphatic carbocycles. The summed E-state index contributed by atoms with van der Waals surface area (Å²) in [4.78, 5) is 31.0. The van der Waals surface area contributed by atoms with Crippen LogP contribution in [0.2, 0.25) is 0 Å². The van der Waals surface area contributed by atoms with E-state index in [0.29, 0.717) is 40.2 Å². The Morgan fingerprint density at radius 3 is 2.87 bits per heavy atom. The van der Waals surface area contributed by atoms with Gasteiger partial charge < -0.3 is 15.0 Å². The second-order valence-electron chi connectivity index (χ2n) is 8.27. The molecule has 4 rings (SSSR count). The molecule has 31 heavy (non-hydrogen) atoms. The minimum absolute atomic E-state index is 0.0992. The number of amides is 1. The fourth-order valence-electron chi connectivity index (χ4n) is 4.27. The maximum atomic E-state index is 13.0. The summed E-state index contributed by atoms with van der Waals surface area (Å²) in [6.07, 6.45) is 8.91. The maximum absolute atomic E-state index is 13.0. The summed E-state index contributed by atoms with van der Waals surface area (Å²) in [5.74, 6) is 0.358. The number of allylic oxidation sites excluding steroid dienone is 2.